The predicted molar refractivity (Wildman–Crippen MR) is 97.7 cm³/mol. The van der Waals surface area contributed by atoms with Gasteiger partial charge in [0.1, 0.15) is 42.7 Å². The Hall–Kier alpha value is -0.480. The molecule has 2 rings (SSSR count). The van der Waals surface area contributed by atoms with Gasteiger partial charge in [0.25, 0.3) is 0 Å². The Bertz CT molecular complexity index is 508. The van der Waals surface area contributed by atoms with Crippen LogP contribution in [0, 0.1) is 5.92 Å². The van der Waals surface area contributed by atoms with Gasteiger partial charge in [-0.1, -0.05) is 13.8 Å². The van der Waals surface area contributed by atoms with Crippen molar-refractivity contribution in [2.75, 3.05) is 19.8 Å². The molecule has 0 aromatic rings. The van der Waals surface area contributed by atoms with Gasteiger partial charge in [0.05, 0.1) is 25.9 Å². The van der Waals surface area contributed by atoms with E-state index in [4.69, 9.17) is 28.8 Å². The molecule has 2 fully saturated rings. The van der Waals surface area contributed by atoms with Gasteiger partial charge in [-0.3, -0.25) is 0 Å². The molecule has 0 bridgehead atoms. The van der Waals surface area contributed by atoms with Crippen molar-refractivity contribution in [2.45, 2.75) is 88.5 Å². The maximum atomic E-state index is 10.4. The molecule has 2 aliphatic heterocycles. The predicted octanol–water partition coefficient (Wildman–Crippen LogP) is -3.35. The van der Waals surface area contributed by atoms with E-state index in [9.17, 15) is 30.6 Å². The van der Waals surface area contributed by atoms with Crippen LogP contribution in [0.2, 0.25) is 0 Å². The van der Waals surface area contributed by atoms with Gasteiger partial charge in [0.2, 0.25) is 0 Å². The summed E-state index contributed by atoms with van der Waals surface area (Å²) in [4.78, 5) is 0. The van der Waals surface area contributed by atoms with Crippen LogP contribution in [0.25, 0.3) is 0 Å². The second-order valence-electron chi connectivity index (χ2n) is 7.97. The fourth-order valence-electron chi connectivity index (χ4n) is 3.21. The fourth-order valence-corrected chi connectivity index (χ4v) is 3.21. The molecule has 9 unspecified atom stereocenters. The van der Waals surface area contributed by atoms with E-state index >= 15 is 0 Å². The first-order valence-electron chi connectivity index (χ1n) is 9.95. The maximum absolute atomic E-state index is 10.4. The van der Waals surface area contributed by atoms with Gasteiger partial charge in [-0.15, -0.1) is 0 Å². The van der Waals surface area contributed by atoms with Crippen molar-refractivity contribution in [3.05, 3.63) is 0 Å². The Morgan fingerprint density at radius 2 is 1.53 bits per heavy atom. The highest BCUT2D eigenvalue weighted by molar-refractivity contribution is 4.87. The van der Waals surface area contributed by atoms with Crippen LogP contribution in [0.15, 0.2) is 0 Å². The summed E-state index contributed by atoms with van der Waals surface area (Å²) < 4.78 is 26.9. The number of rotatable bonds is 10. The standard InChI is InChI=1S/C18H34O12/c1-7(2)15(16(25)30-18-14(24)12(22)10(4-19)29-18)26-5-8(3)28-17-13(23)11(21)9(20)6-27-17/h7-25H,4-6H2,1-3H3/t8-,9?,10?,11?,12?,13?,14?,15?,16+,17?,18?/m0/s1. The molecule has 0 radical (unpaired) electrons. The molecule has 0 amide bonds. The quantitative estimate of drug-likeness (QED) is 0.167. The molecule has 0 spiro atoms. The monoisotopic (exact) mass is 442 g/mol. The van der Waals surface area contributed by atoms with Crippen LogP contribution in [-0.4, -0.2) is 123 Å². The molecule has 0 saturated carbocycles. The Kier molecular flexibility index (Phi) is 9.80. The van der Waals surface area contributed by atoms with Crippen molar-refractivity contribution in [3.8, 4) is 0 Å². The van der Waals surface area contributed by atoms with Crippen molar-refractivity contribution >= 4 is 0 Å². The minimum absolute atomic E-state index is 0.0372. The van der Waals surface area contributed by atoms with E-state index in [0.29, 0.717) is 0 Å². The highest BCUT2D eigenvalue weighted by Crippen LogP contribution is 2.25. The molecule has 2 saturated heterocycles. The zero-order valence-corrected chi connectivity index (χ0v) is 17.2. The molecular weight excluding hydrogens is 408 g/mol. The Balaban J connectivity index is 1.85. The number of hydrogen-bond donors (Lipinski definition) is 7. The zero-order chi connectivity index (χ0) is 22.6. The van der Waals surface area contributed by atoms with Crippen molar-refractivity contribution in [3.63, 3.8) is 0 Å². The van der Waals surface area contributed by atoms with Crippen molar-refractivity contribution in [1.29, 1.82) is 0 Å². The third-order valence-corrected chi connectivity index (χ3v) is 5.05. The molecule has 0 aromatic carbocycles. The van der Waals surface area contributed by atoms with E-state index in [0.717, 1.165) is 0 Å². The van der Waals surface area contributed by atoms with Crippen molar-refractivity contribution in [2.24, 2.45) is 5.92 Å². The summed E-state index contributed by atoms with van der Waals surface area (Å²) in [7, 11) is 0. The summed E-state index contributed by atoms with van der Waals surface area (Å²) in [6.45, 7) is 4.42. The molecule has 2 aliphatic rings. The first-order chi connectivity index (χ1) is 14.1. The average molecular weight is 442 g/mol. The number of hydrogen-bond acceptors (Lipinski definition) is 12. The Labute approximate surface area is 174 Å². The molecule has 12 heteroatoms. The lowest BCUT2D eigenvalue weighted by Gasteiger charge is -2.36. The van der Waals surface area contributed by atoms with Crippen LogP contribution in [0.3, 0.4) is 0 Å². The molecule has 30 heavy (non-hydrogen) atoms. The van der Waals surface area contributed by atoms with Crippen molar-refractivity contribution < 1.29 is 59.4 Å². The highest BCUT2D eigenvalue weighted by Gasteiger charge is 2.45. The summed E-state index contributed by atoms with van der Waals surface area (Å²) >= 11 is 0. The third-order valence-electron chi connectivity index (χ3n) is 5.05. The van der Waals surface area contributed by atoms with Crippen molar-refractivity contribution in [1.82, 2.24) is 0 Å². The summed E-state index contributed by atoms with van der Waals surface area (Å²) in [5.41, 5.74) is 0. The van der Waals surface area contributed by atoms with E-state index in [-0.39, 0.29) is 19.1 Å². The smallest absolute Gasteiger partial charge is 0.189 e. The second-order valence-corrected chi connectivity index (χ2v) is 7.97. The average Bonchev–Trinajstić information content (AvgIpc) is 2.96. The number of aliphatic hydroxyl groups is 7. The molecule has 7 N–H and O–H groups in total. The lowest BCUT2D eigenvalue weighted by molar-refractivity contribution is -0.296. The van der Waals surface area contributed by atoms with Crippen LogP contribution in [0.5, 0.6) is 0 Å². The van der Waals surface area contributed by atoms with Gasteiger partial charge in [0.15, 0.2) is 18.9 Å². The molecule has 11 atom stereocenters. The zero-order valence-electron chi connectivity index (χ0n) is 17.2. The minimum Gasteiger partial charge on any atom is -0.394 e. The Morgan fingerprint density at radius 3 is 2.10 bits per heavy atom. The highest BCUT2D eigenvalue weighted by atomic mass is 16.8. The Morgan fingerprint density at radius 1 is 0.900 bits per heavy atom. The molecule has 12 nitrogen and oxygen atoms in total. The topological polar surface area (TPSA) is 188 Å². The molecule has 0 aromatic heterocycles. The summed E-state index contributed by atoms with van der Waals surface area (Å²) in [5.74, 6) is -0.224. The first-order valence-corrected chi connectivity index (χ1v) is 9.95. The van der Waals surface area contributed by atoms with Crippen LogP contribution in [-0.2, 0) is 23.7 Å². The molecule has 178 valence electrons. The van der Waals surface area contributed by atoms with Crippen LogP contribution in [0.1, 0.15) is 20.8 Å². The molecule has 2 heterocycles. The summed E-state index contributed by atoms with van der Waals surface area (Å²) in [6, 6.07) is 0. The fraction of sp³-hybridized carbons (Fsp3) is 1.00. The number of ether oxygens (including phenoxy) is 5. The van der Waals surface area contributed by atoms with Gasteiger partial charge in [-0.25, -0.2) is 0 Å². The van der Waals surface area contributed by atoms with Gasteiger partial charge >= 0.3 is 0 Å². The normalized spacial score (nSPS) is 40.5. The van der Waals surface area contributed by atoms with Crippen LogP contribution >= 0.6 is 0 Å². The van der Waals surface area contributed by atoms with Crippen LogP contribution < -0.4 is 0 Å². The minimum atomic E-state index is -1.52. The van der Waals surface area contributed by atoms with E-state index in [1.165, 1.54) is 0 Å². The van der Waals surface area contributed by atoms with Gasteiger partial charge in [-0.2, -0.15) is 0 Å². The first kappa shape index (κ1) is 25.8. The maximum Gasteiger partial charge on any atom is 0.189 e. The largest absolute Gasteiger partial charge is 0.394 e. The van der Waals surface area contributed by atoms with Gasteiger partial charge < -0.3 is 59.4 Å². The summed E-state index contributed by atoms with van der Waals surface area (Å²) in [5, 5.41) is 68.3. The number of aliphatic hydroxyl groups excluding tert-OH is 7. The SMILES string of the molecule is CC(C)C(OC[C@H](C)OC1OCC(O)C(O)C1O)[C@H](O)OC1OC(CO)C(O)C1O. The third kappa shape index (κ3) is 6.28. The van der Waals surface area contributed by atoms with E-state index < -0.39 is 74.3 Å². The van der Waals surface area contributed by atoms with E-state index in [1.807, 2.05) is 0 Å². The second kappa shape index (κ2) is 11.4. The molecular formula is C18H34O12. The van der Waals surface area contributed by atoms with Gasteiger partial charge in [-0.05, 0) is 12.8 Å². The summed E-state index contributed by atoms with van der Waals surface area (Å²) in [6.07, 6.45) is -13.4. The molecule has 0 aliphatic carbocycles. The van der Waals surface area contributed by atoms with E-state index in [1.54, 1.807) is 20.8 Å². The van der Waals surface area contributed by atoms with E-state index in [2.05, 4.69) is 0 Å². The lowest BCUT2D eigenvalue weighted by atomic mass is 10.1. The van der Waals surface area contributed by atoms with Crippen LogP contribution in [0.4, 0.5) is 0 Å². The lowest BCUT2D eigenvalue weighted by Crippen LogP contribution is -2.54. The van der Waals surface area contributed by atoms with Gasteiger partial charge in [0, 0.05) is 0 Å².